The molecule has 0 aliphatic rings. The molecular formula is C8H21NO2. The van der Waals surface area contributed by atoms with Crippen molar-refractivity contribution in [2.24, 2.45) is 5.92 Å². The lowest BCUT2D eigenvalue weighted by molar-refractivity contribution is 0.0420. The molecule has 0 aromatic rings. The molecule has 2 atom stereocenters. The highest BCUT2D eigenvalue weighted by Gasteiger charge is 2.13. The summed E-state index contributed by atoms with van der Waals surface area (Å²) in [5, 5.41) is 20.4. The van der Waals surface area contributed by atoms with E-state index in [4.69, 9.17) is 10.2 Å². The fourth-order valence-corrected chi connectivity index (χ4v) is 0.403. The molecule has 0 saturated heterocycles. The summed E-state index contributed by atoms with van der Waals surface area (Å²) in [6.45, 7) is 5.17. The van der Waals surface area contributed by atoms with Crippen molar-refractivity contribution in [3.8, 4) is 0 Å². The summed E-state index contributed by atoms with van der Waals surface area (Å²) in [4.78, 5) is 0. The van der Waals surface area contributed by atoms with Crippen LogP contribution < -0.4 is 5.32 Å². The Bertz CT molecular complexity index is 66.5. The van der Waals surface area contributed by atoms with Crippen molar-refractivity contribution in [2.75, 3.05) is 14.1 Å². The van der Waals surface area contributed by atoms with E-state index in [9.17, 15) is 0 Å². The minimum absolute atomic E-state index is 0.0185. The van der Waals surface area contributed by atoms with Crippen LogP contribution in [0.15, 0.2) is 0 Å². The first-order valence-electron chi connectivity index (χ1n) is 3.92. The molecule has 0 aromatic heterocycles. The fraction of sp³-hybridized carbons (Fsp3) is 1.00. The molecule has 0 saturated carbocycles. The zero-order chi connectivity index (χ0) is 9.44. The van der Waals surface area contributed by atoms with E-state index in [0.717, 1.165) is 0 Å². The minimum Gasteiger partial charge on any atom is -0.393 e. The van der Waals surface area contributed by atoms with Crippen LogP contribution in [0, 0.1) is 5.92 Å². The molecule has 2 unspecified atom stereocenters. The van der Waals surface area contributed by atoms with Gasteiger partial charge in [-0.05, 0) is 27.9 Å². The van der Waals surface area contributed by atoms with Gasteiger partial charge in [-0.1, -0.05) is 6.92 Å². The second kappa shape index (κ2) is 7.98. The summed E-state index contributed by atoms with van der Waals surface area (Å²) < 4.78 is 0. The Kier molecular flexibility index (Phi) is 9.77. The summed E-state index contributed by atoms with van der Waals surface area (Å²) in [6.07, 6.45) is -0.815. The third kappa shape index (κ3) is 9.88. The standard InChI is InChI=1S/C6H14O2.C2H7N/c1-4(5(2)7)6(3)8;1-3-2/h4-8H,1-3H3;3H,1-2H3. The van der Waals surface area contributed by atoms with Gasteiger partial charge in [0, 0.05) is 5.92 Å². The molecule has 0 amide bonds. The molecule has 0 aliphatic heterocycles. The zero-order valence-electron chi connectivity index (χ0n) is 8.13. The van der Waals surface area contributed by atoms with E-state index in [1.54, 1.807) is 13.8 Å². The minimum atomic E-state index is -0.407. The van der Waals surface area contributed by atoms with E-state index >= 15 is 0 Å². The van der Waals surface area contributed by atoms with Crippen LogP contribution in [0.5, 0.6) is 0 Å². The highest BCUT2D eigenvalue weighted by atomic mass is 16.3. The molecule has 70 valence electrons. The van der Waals surface area contributed by atoms with Crippen LogP contribution in [0.2, 0.25) is 0 Å². The van der Waals surface area contributed by atoms with Crippen LogP contribution >= 0.6 is 0 Å². The van der Waals surface area contributed by atoms with Crippen LogP contribution in [0.25, 0.3) is 0 Å². The normalized spacial score (nSPS) is 17.7. The van der Waals surface area contributed by atoms with Crippen molar-refractivity contribution in [3.05, 3.63) is 0 Å². The van der Waals surface area contributed by atoms with Gasteiger partial charge < -0.3 is 15.5 Å². The Morgan fingerprint density at radius 3 is 1.09 bits per heavy atom. The van der Waals surface area contributed by atoms with E-state index in [-0.39, 0.29) is 5.92 Å². The third-order valence-corrected chi connectivity index (χ3v) is 1.52. The topological polar surface area (TPSA) is 52.5 Å². The van der Waals surface area contributed by atoms with Gasteiger partial charge in [-0.3, -0.25) is 0 Å². The first-order chi connectivity index (χ1) is 4.97. The number of nitrogens with one attached hydrogen (secondary N) is 1. The van der Waals surface area contributed by atoms with Gasteiger partial charge in [0.25, 0.3) is 0 Å². The van der Waals surface area contributed by atoms with E-state index in [1.807, 2.05) is 21.0 Å². The van der Waals surface area contributed by atoms with Gasteiger partial charge in [0.15, 0.2) is 0 Å². The maximum Gasteiger partial charge on any atom is 0.0562 e. The lowest BCUT2D eigenvalue weighted by atomic mass is 10.0. The summed E-state index contributed by atoms with van der Waals surface area (Å²) in [5.74, 6) is -0.0185. The average Bonchev–Trinajstić information content (AvgIpc) is 1.87. The number of rotatable bonds is 2. The molecule has 0 aliphatic carbocycles. The number of hydrogen-bond donors (Lipinski definition) is 3. The van der Waals surface area contributed by atoms with Gasteiger partial charge in [0.1, 0.15) is 0 Å². The van der Waals surface area contributed by atoms with Crippen molar-refractivity contribution < 1.29 is 10.2 Å². The maximum atomic E-state index is 8.83. The Morgan fingerprint density at radius 1 is 0.909 bits per heavy atom. The molecule has 0 heterocycles. The molecule has 0 spiro atoms. The number of aliphatic hydroxyl groups excluding tert-OH is 2. The average molecular weight is 163 g/mol. The molecule has 0 fully saturated rings. The lowest BCUT2D eigenvalue weighted by Crippen LogP contribution is -2.24. The second-order valence-corrected chi connectivity index (χ2v) is 2.84. The smallest absolute Gasteiger partial charge is 0.0562 e. The molecule has 0 aromatic carbocycles. The first-order valence-corrected chi connectivity index (χ1v) is 3.92. The van der Waals surface area contributed by atoms with Crippen LogP contribution in [0.4, 0.5) is 0 Å². The highest BCUT2D eigenvalue weighted by Crippen LogP contribution is 2.06. The molecule has 0 bridgehead atoms. The van der Waals surface area contributed by atoms with Crippen molar-refractivity contribution in [1.29, 1.82) is 0 Å². The van der Waals surface area contributed by atoms with E-state index < -0.39 is 12.2 Å². The predicted octanol–water partition coefficient (Wildman–Crippen LogP) is 0.220. The van der Waals surface area contributed by atoms with Crippen molar-refractivity contribution in [2.45, 2.75) is 33.0 Å². The van der Waals surface area contributed by atoms with Gasteiger partial charge >= 0.3 is 0 Å². The number of aliphatic hydroxyl groups is 2. The summed E-state index contributed by atoms with van der Waals surface area (Å²) in [7, 11) is 3.75. The van der Waals surface area contributed by atoms with Gasteiger partial charge in [-0.15, -0.1) is 0 Å². The lowest BCUT2D eigenvalue weighted by Gasteiger charge is -2.16. The fourth-order valence-electron chi connectivity index (χ4n) is 0.403. The molecule has 3 N–H and O–H groups in total. The van der Waals surface area contributed by atoms with Gasteiger partial charge in [0.05, 0.1) is 12.2 Å². The summed E-state index contributed by atoms with van der Waals surface area (Å²) in [5.41, 5.74) is 0. The third-order valence-electron chi connectivity index (χ3n) is 1.52. The Balaban J connectivity index is 0. The predicted molar refractivity (Wildman–Crippen MR) is 47.5 cm³/mol. The number of hydrogen-bond acceptors (Lipinski definition) is 3. The van der Waals surface area contributed by atoms with Crippen LogP contribution in [0.3, 0.4) is 0 Å². The molecular weight excluding hydrogens is 142 g/mol. The van der Waals surface area contributed by atoms with E-state index in [1.165, 1.54) is 0 Å². The van der Waals surface area contributed by atoms with Crippen LogP contribution in [-0.2, 0) is 0 Å². The van der Waals surface area contributed by atoms with Crippen molar-refractivity contribution in [3.63, 3.8) is 0 Å². The quantitative estimate of drug-likeness (QED) is 0.546. The van der Waals surface area contributed by atoms with Crippen molar-refractivity contribution in [1.82, 2.24) is 5.32 Å². The van der Waals surface area contributed by atoms with Crippen LogP contribution in [-0.4, -0.2) is 36.5 Å². The maximum absolute atomic E-state index is 8.83. The Labute approximate surface area is 69.4 Å². The monoisotopic (exact) mass is 163 g/mol. The molecule has 0 radical (unpaired) electrons. The molecule has 3 heteroatoms. The van der Waals surface area contributed by atoms with Crippen molar-refractivity contribution >= 4 is 0 Å². The molecule has 11 heavy (non-hydrogen) atoms. The van der Waals surface area contributed by atoms with Gasteiger partial charge in [-0.2, -0.15) is 0 Å². The zero-order valence-corrected chi connectivity index (χ0v) is 8.13. The Hall–Kier alpha value is -0.120. The molecule has 0 rings (SSSR count). The largest absolute Gasteiger partial charge is 0.393 e. The van der Waals surface area contributed by atoms with Gasteiger partial charge in [-0.25, -0.2) is 0 Å². The first kappa shape index (κ1) is 13.5. The van der Waals surface area contributed by atoms with E-state index in [0.29, 0.717) is 0 Å². The summed E-state index contributed by atoms with van der Waals surface area (Å²) >= 11 is 0. The van der Waals surface area contributed by atoms with Gasteiger partial charge in [0.2, 0.25) is 0 Å². The second-order valence-electron chi connectivity index (χ2n) is 2.84. The molecule has 3 nitrogen and oxygen atoms in total. The Morgan fingerprint density at radius 2 is 1.09 bits per heavy atom. The SMILES string of the molecule is CC(O)C(C)C(C)O.CNC. The van der Waals surface area contributed by atoms with E-state index in [2.05, 4.69) is 5.32 Å². The highest BCUT2D eigenvalue weighted by molar-refractivity contribution is 4.63. The van der Waals surface area contributed by atoms with Crippen LogP contribution in [0.1, 0.15) is 20.8 Å². The summed E-state index contributed by atoms with van der Waals surface area (Å²) in [6, 6.07) is 0.